The van der Waals surface area contributed by atoms with Gasteiger partial charge in [-0.25, -0.2) is 4.98 Å². The number of rotatable bonds is 1. The minimum atomic E-state index is -1.34. The van der Waals surface area contributed by atoms with Gasteiger partial charge in [0.05, 0.1) is 23.3 Å². The van der Waals surface area contributed by atoms with Gasteiger partial charge < -0.3 is 19.8 Å². The summed E-state index contributed by atoms with van der Waals surface area (Å²) in [6.07, 6.45) is 1.16. The number of esters is 1. The van der Waals surface area contributed by atoms with Gasteiger partial charge in [-0.15, -0.1) is 0 Å². The predicted molar refractivity (Wildman–Crippen MR) is 99.1 cm³/mol. The molecule has 3 aliphatic rings. The molecule has 0 spiro atoms. The van der Waals surface area contributed by atoms with Crippen molar-refractivity contribution in [1.82, 2.24) is 9.88 Å². The largest absolute Gasteiger partial charge is 0.461 e. The van der Waals surface area contributed by atoms with Gasteiger partial charge in [0.1, 0.15) is 12.2 Å². The molecule has 6 heteroatoms. The number of aromatic nitrogens is 1. The molecule has 5 rings (SSSR count). The van der Waals surface area contributed by atoms with Gasteiger partial charge in [0, 0.05) is 17.5 Å². The van der Waals surface area contributed by atoms with Gasteiger partial charge in [0.15, 0.2) is 6.23 Å². The van der Waals surface area contributed by atoms with Crippen LogP contribution < -0.4 is 0 Å². The van der Waals surface area contributed by atoms with Crippen molar-refractivity contribution in [3.63, 3.8) is 0 Å². The minimum Gasteiger partial charge on any atom is -0.461 e. The molecule has 2 atom stereocenters. The average molecular weight is 364 g/mol. The van der Waals surface area contributed by atoms with Crippen LogP contribution in [0.15, 0.2) is 47.6 Å². The topological polar surface area (TPSA) is 82.9 Å². The smallest absolute Gasteiger partial charge is 0.309 e. The molecule has 2 N–H and O–H groups in total. The van der Waals surface area contributed by atoms with Crippen LogP contribution in [0.25, 0.3) is 16.6 Å². The third kappa shape index (κ3) is 2.33. The summed E-state index contributed by atoms with van der Waals surface area (Å²) >= 11 is 0. The molecule has 27 heavy (non-hydrogen) atoms. The zero-order valence-electron chi connectivity index (χ0n) is 15.0. The Morgan fingerprint density at radius 1 is 1.37 bits per heavy atom. The molecule has 138 valence electrons. The summed E-state index contributed by atoms with van der Waals surface area (Å²) in [5.41, 5.74) is 3.30. The number of nitrogens with zero attached hydrogens (tertiary/aromatic N) is 2. The highest BCUT2D eigenvalue weighted by atomic mass is 16.5. The average Bonchev–Trinajstić information content (AvgIpc) is 2.96. The Balaban J connectivity index is 1.70. The van der Waals surface area contributed by atoms with E-state index in [4.69, 9.17) is 9.72 Å². The first-order valence-corrected chi connectivity index (χ1v) is 9.17. The molecule has 0 bridgehead atoms. The van der Waals surface area contributed by atoms with Crippen molar-refractivity contribution in [3.05, 3.63) is 58.8 Å². The highest BCUT2D eigenvalue weighted by Gasteiger charge is 2.44. The van der Waals surface area contributed by atoms with Crippen molar-refractivity contribution >= 4 is 22.6 Å². The van der Waals surface area contributed by atoms with Crippen LogP contribution in [-0.2, 0) is 16.1 Å². The standard InChI is InChI=1S/C21H20N2O4/c1-2-21(26)9-18(24)27-11-14-15(21)8-17-19-13(10-23(17)20(14)25)7-12-5-3-4-6-16(12)22-19/h3-8,20,25-26H,2,9-11H2,1H3. The second-order valence-corrected chi connectivity index (χ2v) is 7.38. The predicted octanol–water partition coefficient (Wildman–Crippen LogP) is 2.11. The third-order valence-corrected chi connectivity index (χ3v) is 5.84. The number of carbonyl (C=O) groups excluding carboxylic acids is 1. The normalized spacial score (nSPS) is 26.9. The first kappa shape index (κ1) is 16.5. The number of aliphatic hydroxyl groups excluding tert-OH is 1. The molecule has 0 saturated carbocycles. The summed E-state index contributed by atoms with van der Waals surface area (Å²) in [7, 11) is 0. The number of fused-ring (bicyclic) bond motifs is 4. The van der Waals surface area contributed by atoms with Crippen LogP contribution in [0, 0.1) is 0 Å². The molecule has 3 aliphatic heterocycles. The van der Waals surface area contributed by atoms with E-state index < -0.39 is 17.8 Å². The highest BCUT2D eigenvalue weighted by molar-refractivity contribution is 5.85. The monoisotopic (exact) mass is 364 g/mol. The maximum Gasteiger partial charge on any atom is 0.309 e. The van der Waals surface area contributed by atoms with E-state index in [0.717, 1.165) is 27.9 Å². The Hall–Kier alpha value is -2.70. The Morgan fingerprint density at radius 3 is 3.00 bits per heavy atom. The van der Waals surface area contributed by atoms with Crippen molar-refractivity contribution < 1.29 is 19.7 Å². The Kier molecular flexibility index (Phi) is 3.44. The summed E-state index contributed by atoms with van der Waals surface area (Å²) in [5.74, 6) is -0.455. The number of ether oxygens (including phenoxy) is 1. The van der Waals surface area contributed by atoms with Crippen molar-refractivity contribution in [3.8, 4) is 0 Å². The quantitative estimate of drug-likeness (QED) is 0.754. The van der Waals surface area contributed by atoms with E-state index in [1.54, 1.807) is 0 Å². The van der Waals surface area contributed by atoms with Crippen LogP contribution in [0.1, 0.15) is 31.0 Å². The number of hydrogen-bond acceptors (Lipinski definition) is 6. The van der Waals surface area contributed by atoms with Gasteiger partial charge in [-0.3, -0.25) is 4.79 Å². The van der Waals surface area contributed by atoms with E-state index in [1.165, 1.54) is 0 Å². The molecule has 0 radical (unpaired) electrons. The van der Waals surface area contributed by atoms with E-state index in [-0.39, 0.29) is 13.0 Å². The molecule has 1 aromatic carbocycles. The van der Waals surface area contributed by atoms with Gasteiger partial charge in [-0.2, -0.15) is 0 Å². The van der Waals surface area contributed by atoms with Crippen LogP contribution in [-0.4, -0.2) is 44.5 Å². The number of aliphatic hydroxyl groups is 2. The summed E-state index contributed by atoms with van der Waals surface area (Å²) in [6.45, 7) is 2.34. The van der Waals surface area contributed by atoms with Crippen molar-refractivity contribution in [2.45, 2.75) is 38.1 Å². The molecule has 1 aromatic heterocycles. The summed E-state index contributed by atoms with van der Waals surface area (Å²) in [5, 5.41) is 23.2. The fraction of sp³-hybridized carbons (Fsp3) is 0.333. The first-order chi connectivity index (χ1) is 13.0. The van der Waals surface area contributed by atoms with E-state index in [2.05, 4.69) is 6.07 Å². The number of hydrogen-bond donors (Lipinski definition) is 2. The van der Waals surface area contributed by atoms with Crippen LogP contribution >= 0.6 is 0 Å². The molecule has 0 aliphatic carbocycles. The summed E-state index contributed by atoms with van der Waals surface area (Å²) in [4.78, 5) is 18.6. The van der Waals surface area contributed by atoms with Crippen molar-refractivity contribution in [2.75, 3.05) is 6.61 Å². The van der Waals surface area contributed by atoms with E-state index in [0.29, 0.717) is 24.1 Å². The van der Waals surface area contributed by atoms with Gasteiger partial charge >= 0.3 is 5.97 Å². The van der Waals surface area contributed by atoms with Gasteiger partial charge in [0.25, 0.3) is 0 Å². The number of benzene rings is 1. The number of carbonyl (C=O) groups is 1. The van der Waals surface area contributed by atoms with E-state index in [1.807, 2.05) is 42.2 Å². The molecule has 6 nitrogen and oxygen atoms in total. The zero-order chi connectivity index (χ0) is 18.8. The molecule has 2 aromatic rings. The summed E-state index contributed by atoms with van der Waals surface area (Å²) < 4.78 is 5.24. The molecule has 0 amide bonds. The molecule has 0 saturated heterocycles. The SMILES string of the molecule is CCC1(O)CC(=O)OCC2=C1C=C1c3nc4ccccc4cc3CN1C2O. The first-order valence-electron chi connectivity index (χ1n) is 9.17. The van der Waals surface area contributed by atoms with Gasteiger partial charge in [-0.05, 0) is 35.8 Å². The molecule has 4 heterocycles. The van der Waals surface area contributed by atoms with Crippen LogP contribution in [0.2, 0.25) is 0 Å². The van der Waals surface area contributed by atoms with Crippen molar-refractivity contribution in [1.29, 1.82) is 0 Å². The lowest BCUT2D eigenvalue weighted by atomic mass is 9.82. The molecular weight excluding hydrogens is 344 g/mol. The lowest BCUT2D eigenvalue weighted by Gasteiger charge is -2.36. The minimum absolute atomic E-state index is 0.0102. The van der Waals surface area contributed by atoms with Crippen LogP contribution in [0.4, 0.5) is 0 Å². The lowest BCUT2D eigenvalue weighted by Crippen LogP contribution is -2.40. The number of para-hydroxylation sites is 1. The second-order valence-electron chi connectivity index (χ2n) is 7.38. The Morgan fingerprint density at radius 2 is 2.19 bits per heavy atom. The maximum atomic E-state index is 12.0. The van der Waals surface area contributed by atoms with Crippen LogP contribution in [0.3, 0.4) is 0 Å². The molecular formula is C21H20N2O4. The van der Waals surface area contributed by atoms with Crippen molar-refractivity contribution in [2.24, 2.45) is 0 Å². The Labute approximate surface area is 156 Å². The number of pyridine rings is 1. The van der Waals surface area contributed by atoms with Gasteiger partial charge in [-0.1, -0.05) is 25.1 Å². The maximum absolute atomic E-state index is 12.0. The fourth-order valence-electron chi connectivity index (χ4n) is 4.28. The fourth-order valence-corrected chi connectivity index (χ4v) is 4.28. The Bertz CT molecular complexity index is 1040. The third-order valence-electron chi connectivity index (χ3n) is 5.84. The summed E-state index contributed by atoms with van der Waals surface area (Å²) in [6, 6.07) is 10.0. The lowest BCUT2D eigenvalue weighted by molar-refractivity contribution is -0.146. The highest BCUT2D eigenvalue weighted by Crippen LogP contribution is 2.44. The second kappa shape index (κ2) is 5.65. The molecule has 2 unspecified atom stereocenters. The van der Waals surface area contributed by atoms with Gasteiger partial charge in [0.2, 0.25) is 0 Å². The molecule has 0 fully saturated rings. The van der Waals surface area contributed by atoms with Crippen LogP contribution in [0.5, 0.6) is 0 Å². The van der Waals surface area contributed by atoms with E-state index in [9.17, 15) is 15.0 Å². The number of cyclic esters (lactones) is 1. The van der Waals surface area contributed by atoms with E-state index >= 15 is 0 Å². The zero-order valence-corrected chi connectivity index (χ0v) is 15.0.